The van der Waals surface area contributed by atoms with Crippen LogP contribution in [0.5, 0.6) is 5.75 Å². The van der Waals surface area contributed by atoms with Crippen LogP contribution in [0.2, 0.25) is 0 Å². The lowest BCUT2D eigenvalue weighted by molar-refractivity contribution is 0.321. The lowest BCUT2D eigenvalue weighted by atomic mass is 10.2. The molecule has 1 rings (SSSR count). The van der Waals surface area contributed by atoms with Crippen LogP contribution >= 0.6 is 0 Å². The summed E-state index contributed by atoms with van der Waals surface area (Å²) in [4.78, 5) is 0. The van der Waals surface area contributed by atoms with E-state index in [4.69, 9.17) is 4.74 Å². The van der Waals surface area contributed by atoms with E-state index in [0.29, 0.717) is 18.9 Å². The molecule has 0 fully saturated rings. The molecular weight excluding hydrogens is 205 g/mol. The summed E-state index contributed by atoms with van der Waals surface area (Å²) in [7, 11) is 0. The molecule has 2 nitrogen and oxygen atoms in total. The van der Waals surface area contributed by atoms with Gasteiger partial charge in [0.1, 0.15) is 0 Å². The maximum Gasteiger partial charge on any atom is 0.167 e. The van der Waals surface area contributed by atoms with Crippen LogP contribution in [0.1, 0.15) is 20.3 Å². The van der Waals surface area contributed by atoms with Gasteiger partial charge >= 0.3 is 0 Å². The molecule has 1 aromatic carbocycles. The zero-order chi connectivity index (χ0) is 12.0. The van der Waals surface area contributed by atoms with Crippen molar-refractivity contribution in [3.63, 3.8) is 0 Å². The van der Waals surface area contributed by atoms with Gasteiger partial charge in [-0.2, -0.15) is 0 Å². The first kappa shape index (κ1) is 12.6. The molecule has 16 heavy (non-hydrogen) atoms. The molecule has 0 aliphatic rings. The molecule has 88 valence electrons. The van der Waals surface area contributed by atoms with E-state index in [1.54, 1.807) is 12.1 Å². The summed E-state index contributed by atoms with van der Waals surface area (Å²) in [5.41, 5.74) is 1.84. The Hall–Kier alpha value is -1.51. The first-order valence-electron chi connectivity index (χ1n) is 5.50. The summed E-state index contributed by atoms with van der Waals surface area (Å²) in [5.74, 6) is -0.0451. The summed E-state index contributed by atoms with van der Waals surface area (Å²) in [6.07, 6.45) is 0.923. The second-order valence-electron chi connectivity index (χ2n) is 3.54. The van der Waals surface area contributed by atoms with Crippen molar-refractivity contribution in [3.05, 3.63) is 36.2 Å². The number of nitrogens with one attached hydrogen (secondary N) is 1. The minimum Gasteiger partial charge on any atom is -0.491 e. The molecule has 0 aliphatic carbocycles. The van der Waals surface area contributed by atoms with Gasteiger partial charge < -0.3 is 10.1 Å². The molecule has 0 saturated carbocycles. The van der Waals surface area contributed by atoms with E-state index < -0.39 is 0 Å². The van der Waals surface area contributed by atoms with Crippen LogP contribution in [0.3, 0.4) is 0 Å². The third-order valence-corrected chi connectivity index (χ3v) is 2.27. The topological polar surface area (TPSA) is 21.3 Å². The predicted molar refractivity (Wildman–Crippen MR) is 65.5 cm³/mol. The minimum absolute atomic E-state index is 0.294. The molecule has 1 N–H and O–H groups in total. The van der Waals surface area contributed by atoms with Gasteiger partial charge in [-0.25, -0.2) is 4.39 Å². The van der Waals surface area contributed by atoms with Crippen molar-refractivity contribution in [3.8, 4) is 5.75 Å². The molecule has 0 atom stereocenters. The van der Waals surface area contributed by atoms with E-state index in [1.807, 2.05) is 13.8 Å². The molecule has 0 radical (unpaired) electrons. The van der Waals surface area contributed by atoms with Crippen molar-refractivity contribution in [1.29, 1.82) is 0 Å². The highest BCUT2D eigenvalue weighted by molar-refractivity contribution is 5.48. The minimum atomic E-state index is -0.339. The zero-order valence-corrected chi connectivity index (χ0v) is 9.85. The standard InChI is InChI=1S/C13H18FNO/c1-4-10(3)9-15-11-6-7-13(16-5-2)12(14)8-11/h6-8,15H,3-5,9H2,1-2H3. The summed E-state index contributed by atoms with van der Waals surface area (Å²) >= 11 is 0. The van der Waals surface area contributed by atoms with E-state index >= 15 is 0 Å². The van der Waals surface area contributed by atoms with Gasteiger partial charge in [0.2, 0.25) is 0 Å². The van der Waals surface area contributed by atoms with Crippen LogP contribution in [0, 0.1) is 5.82 Å². The van der Waals surface area contributed by atoms with E-state index in [2.05, 4.69) is 11.9 Å². The first-order valence-corrected chi connectivity index (χ1v) is 5.50. The van der Waals surface area contributed by atoms with E-state index in [9.17, 15) is 4.39 Å². The van der Waals surface area contributed by atoms with Crippen LogP contribution in [-0.2, 0) is 0 Å². The average molecular weight is 223 g/mol. The van der Waals surface area contributed by atoms with E-state index in [1.165, 1.54) is 6.07 Å². The van der Waals surface area contributed by atoms with Gasteiger partial charge in [0, 0.05) is 18.3 Å². The Bertz CT molecular complexity index is 363. The number of anilines is 1. The quantitative estimate of drug-likeness (QED) is 0.744. The molecule has 0 unspecified atom stereocenters. The fourth-order valence-electron chi connectivity index (χ4n) is 1.24. The van der Waals surface area contributed by atoms with Crippen LogP contribution in [-0.4, -0.2) is 13.2 Å². The summed E-state index contributed by atoms with van der Waals surface area (Å²) < 4.78 is 18.6. The van der Waals surface area contributed by atoms with Crippen LogP contribution in [0.25, 0.3) is 0 Å². The molecular formula is C13H18FNO. The number of benzene rings is 1. The maximum atomic E-state index is 13.5. The highest BCUT2D eigenvalue weighted by atomic mass is 19.1. The zero-order valence-electron chi connectivity index (χ0n) is 9.85. The Morgan fingerprint density at radius 3 is 2.75 bits per heavy atom. The molecule has 0 aliphatic heterocycles. The van der Waals surface area contributed by atoms with Crippen LogP contribution in [0.4, 0.5) is 10.1 Å². The summed E-state index contributed by atoms with van der Waals surface area (Å²) in [6.45, 7) is 8.89. The number of rotatable bonds is 6. The van der Waals surface area contributed by atoms with Crippen molar-refractivity contribution in [2.45, 2.75) is 20.3 Å². The SMILES string of the molecule is C=C(CC)CNc1ccc(OCC)c(F)c1. The third kappa shape index (κ3) is 3.57. The first-order chi connectivity index (χ1) is 7.67. The van der Waals surface area contributed by atoms with E-state index in [0.717, 1.165) is 17.7 Å². The van der Waals surface area contributed by atoms with Gasteiger partial charge in [-0.15, -0.1) is 0 Å². The maximum absolute atomic E-state index is 13.5. The third-order valence-electron chi connectivity index (χ3n) is 2.27. The molecule has 1 aromatic rings. The molecule has 0 bridgehead atoms. The van der Waals surface area contributed by atoms with Crippen molar-refractivity contribution < 1.29 is 9.13 Å². The predicted octanol–water partition coefficient (Wildman–Crippen LogP) is 3.60. The van der Waals surface area contributed by atoms with Crippen molar-refractivity contribution >= 4 is 5.69 Å². The number of ether oxygens (including phenoxy) is 1. The fourth-order valence-corrected chi connectivity index (χ4v) is 1.24. The van der Waals surface area contributed by atoms with Gasteiger partial charge in [-0.1, -0.05) is 19.1 Å². The molecule has 0 amide bonds. The summed E-state index contributed by atoms with van der Waals surface area (Å²) in [5, 5.41) is 3.11. The molecule has 0 aromatic heterocycles. The van der Waals surface area contributed by atoms with E-state index in [-0.39, 0.29) is 5.82 Å². The Balaban J connectivity index is 2.62. The van der Waals surface area contributed by atoms with Gasteiger partial charge in [-0.05, 0) is 25.5 Å². The molecule has 3 heteroatoms. The lowest BCUT2D eigenvalue weighted by Gasteiger charge is -2.09. The van der Waals surface area contributed by atoms with Crippen molar-refractivity contribution in [1.82, 2.24) is 0 Å². The second-order valence-corrected chi connectivity index (χ2v) is 3.54. The van der Waals surface area contributed by atoms with Gasteiger partial charge in [0.15, 0.2) is 11.6 Å². The van der Waals surface area contributed by atoms with Crippen molar-refractivity contribution in [2.75, 3.05) is 18.5 Å². The Morgan fingerprint density at radius 1 is 1.44 bits per heavy atom. The average Bonchev–Trinajstić information content (AvgIpc) is 2.29. The number of hydrogen-bond acceptors (Lipinski definition) is 2. The summed E-state index contributed by atoms with van der Waals surface area (Å²) in [6, 6.07) is 4.88. The Labute approximate surface area is 96.1 Å². The highest BCUT2D eigenvalue weighted by Crippen LogP contribution is 2.21. The molecule has 0 spiro atoms. The lowest BCUT2D eigenvalue weighted by Crippen LogP contribution is -2.04. The smallest absolute Gasteiger partial charge is 0.167 e. The highest BCUT2D eigenvalue weighted by Gasteiger charge is 2.03. The van der Waals surface area contributed by atoms with Crippen molar-refractivity contribution in [2.24, 2.45) is 0 Å². The largest absolute Gasteiger partial charge is 0.491 e. The monoisotopic (exact) mass is 223 g/mol. The van der Waals surface area contributed by atoms with Gasteiger partial charge in [0.25, 0.3) is 0 Å². The van der Waals surface area contributed by atoms with Gasteiger partial charge in [0.05, 0.1) is 6.61 Å². The Kier molecular flexibility index (Phi) is 4.83. The Morgan fingerprint density at radius 2 is 2.19 bits per heavy atom. The number of halogens is 1. The van der Waals surface area contributed by atoms with Crippen LogP contribution in [0.15, 0.2) is 30.4 Å². The normalized spacial score (nSPS) is 9.94. The van der Waals surface area contributed by atoms with Gasteiger partial charge in [-0.3, -0.25) is 0 Å². The number of hydrogen-bond donors (Lipinski definition) is 1. The van der Waals surface area contributed by atoms with Crippen LogP contribution < -0.4 is 10.1 Å². The fraction of sp³-hybridized carbons (Fsp3) is 0.385. The molecule has 0 saturated heterocycles. The molecule has 0 heterocycles. The second kappa shape index (κ2) is 6.16.